The van der Waals surface area contributed by atoms with Crippen molar-refractivity contribution in [3.63, 3.8) is 0 Å². The Hall–Kier alpha value is -0.910. The van der Waals surface area contributed by atoms with Crippen LogP contribution in [0.5, 0.6) is 0 Å². The molecule has 0 aromatic heterocycles. The first-order valence-corrected chi connectivity index (χ1v) is 6.29. The van der Waals surface area contributed by atoms with Gasteiger partial charge >= 0.3 is 0 Å². The largest absolute Gasteiger partial charge is 0.369 e. The van der Waals surface area contributed by atoms with E-state index in [-0.39, 0.29) is 18.6 Å². The number of aryl methyl sites for hydroxylation is 1. The molecule has 0 bridgehead atoms. The minimum Gasteiger partial charge on any atom is -0.369 e. The van der Waals surface area contributed by atoms with Crippen molar-refractivity contribution in [1.29, 1.82) is 0 Å². The van der Waals surface area contributed by atoms with Crippen LogP contribution >= 0.6 is 15.9 Å². The molecule has 1 aromatic carbocycles. The van der Waals surface area contributed by atoms with Crippen molar-refractivity contribution >= 4 is 27.5 Å². The number of carbonyl (C=O) groups is 1. The fourth-order valence-electron chi connectivity index (χ4n) is 1.94. The summed E-state index contributed by atoms with van der Waals surface area (Å²) in [7, 11) is 0. The molecule has 1 heterocycles. The number of morpholine rings is 1. The Bertz CT molecular complexity index is 437. The lowest BCUT2D eigenvalue weighted by molar-refractivity contribution is -0.127. The number of rotatable bonds is 2. The molecule has 1 aliphatic rings. The van der Waals surface area contributed by atoms with E-state index in [4.69, 9.17) is 10.5 Å². The fourth-order valence-corrected chi connectivity index (χ4v) is 2.18. The molecule has 0 spiro atoms. The van der Waals surface area contributed by atoms with E-state index in [0.717, 1.165) is 15.7 Å². The molecule has 17 heavy (non-hydrogen) atoms. The number of anilines is 1. The van der Waals surface area contributed by atoms with Gasteiger partial charge in [0, 0.05) is 16.7 Å². The van der Waals surface area contributed by atoms with E-state index in [9.17, 15) is 4.79 Å². The Morgan fingerprint density at radius 1 is 1.59 bits per heavy atom. The zero-order valence-electron chi connectivity index (χ0n) is 9.65. The van der Waals surface area contributed by atoms with Crippen molar-refractivity contribution in [3.05, 3.63) is 28.2 Å². The summed E-state index contributed by atoms with van der Waals surface area (Å²) in [5, 5.41) is 0. The summed E-state index contributed by atoms with van der Waals surface area (Å²) in [4.78, 5) is 13.6. The highest BCUT2D eigenvalue weighted by molar-refractivity contribution is 9.10. The highest BCUT2D eigenvalue weighted by atomic mass is 79.9. The highest BCUT2D eigenvalue weighted by Crippen LogP contribution is 2.25. The summed E-state index contributed by atoms with van der Waals surface area (Å²) in [5.41, 5.74) is 7.66. The summed E-state index contributed by atoms with van der Waals surface area (Å²) in [5.74, 6) is -0.0339. The molecule has 1 fully saturated rings. The van der Waals surface area contributed by atoms with Crippen LogP contribution in [0.3, 0.4) is 0 Å². The maximum atomic E-state index is 11.9. The van der Waals surface area contributed by atoms with Gasteiger partial charge in [-0.25, -0.2) is 0 Å². The summed E-state index contributed by atoms with van der Waals surface area (Å²) in [6.45, 7) is 3.03. The van der Waals surface area contributed by atoms with Crippen molar-refractivity contribution in [2.24, 2.45) is 5.73 Å². The number of benzene rings is 1. The van der Waals surface area contributed by atoms with Crippen molar-refractivity contribution in [2.75, 3.05) is 24.7 Å². The Morgan fingerprint density at radius 2 is 2.35 bits per heavy atom. The predicted octanol–water partition coefficient (Wildman–Crippen LogP) is 1.45. The van der Waals surface area contributed by atoms with Crippen LogP contribution < -0.4 is 10.6 Å². The summed E-state index contributed by atoms with van der Waals surface area (Å²) >= 11 is 3.45. The van der Waals surface area contributed by atoms with Gasteiger partial charge in [-0.2, -0.15) is 0 Å². The third kappa shape index (κ3) is 2.51. The van der Waals surface area contributed by atoms with E-state index < -0.39 is 0 Å². The SMILES string of the molecule is Cc1cc(N2C(=O)COCC2CN)ccc1Br. The minimum atomic E-state index is -0.0724. The van der Waals surface area contributed by atoms with E-state index in [1.165, 1.54) is 0 Å². The molecule has 1 saturated heterocycles. The monoisotopic (exact) mass is 298 g/mol. The molecule has 1 unspecified atom stereocenters. The van der Waals surface area contributed by atoms with Crippen LogP contribution in [-0.2, 0) is 9.53 Å². The number of ether oxygens (including phenoxy) is 1. The number of nitrogens with two attached hydrogens (primary N) is 1. The lowest BCUT2D eigenvalue weighted by Crippen LogP contribution is -2.53. The highest BCUT2D eigenvalue weighted by Gasteiger charge is 2.29. The van der Waals surface area contributed by atoms with Gasteiger partial charge in [-0.3, -0.25) is 4.79 Å². The van der Waals surface area contributed by atoms with Gasteiger partial charge in [0.2, 0.25) is 0 Å². The molecule has 0 saturated carbocycles. The minimum absolute atomic E-state index is 0.0339. The van der Waals surface area contributed by atoms with Crippen LogP contribution in [0.1, 0.15) is 5.56 Å². The van der Waals surface area contributed by atoms with Crippen LogP contribution in [-0.4, -0.2) is 31.7 Å². The first-order chi connectivity index (χ1) is 8.13. The predicted molar refractivity (Wildman–Crippen MR) is 70.0 cm³/mol. The number of hydrogen-bond acceptors (Lipinski definition) is 3. The van der Waals surface area contributed by atoms with Gasteiger partial charge in [0.1, 0.15) is 6.61 Å². The van der Waals surface area contributed by atoms with E-state index in [0.29, 0.717) is 13.2 Å². The van der Waals surface area contributed by atoms with E-state index in [1.54, 1.807) is 4.90 Å². The molecular weight excluding hydrogens is 284 g/mol. The second-order valence-corrected chi connectivity index (χ2v) is 4.96. The van der Waals surface area contributed by atoms with Crippen molar-refractivity contribution in [2.45, 2.75) is 13.0 Å². The quantitative estimate of drug-likeness (QED) is 0.899. The second kappa shape index (κ2) is 5.16. The molecule has 1 aromatic rings. The fraction of sp³-hybridized carbons (Fsp3) is 0.417. The maximum absolute atomic E-state index is 11.9. The standard InChI is InChI=1S/C12H15BrN2O2/c1-8-4-9(2-3-11(8)13)15-10(5-14)6-17-7-12(15)16/h2-4,10H,5-7,14H2,1H3. The van der Waals surface area contributed by atoms with Gasteiger partial charge in [0.05, 0.1) is 12.6 Å². The summed E-state index contributed by atoms with van der Waals surface area (Å²) in [6, 6.07) is 5.77. The molecule has 2 rings (SSSR count). The van der Waals surface area contributed by atoms with Gasteiger partial charge in [-0.05, 0) is 30.7 Å². The zero-order valence-corrected chi connectivity index (χ0v) is 11.2. The first kappa shape index (κ1) is 12.5. The van der Waals surface area contributed by atoms with Gasteiger partial charge in [-0.15, -0.1) is 0 Å². The Balaban J connectivity index is 2.34. The molecular formula is C12H15BrN2O2. The van der Waals surface area contributed by atoms with Crippen LogP contribution in [0.4, 0.5) is 5.69 Å². The normalized spacial score (nSPS) is 20.8. The Kier molecular flexibility index (Phi) is 3.81. The molecule has 0 radical (unpaired) electrons. The third-order valence-electron chi connectivity index (χ3n) is 2.86. The van der Waals surface area contributed by atoms with Crippen molar-refractivity contribution in [3.8, 4) is 0 Å². The van der Waals surface area contributed by atoms with E-state index in [1.807, 2.05) is 25.1 Å². The number of amides is 1. The number of hydrogen-bond donors (Lipinski definition) is 1. The summed E-state index contributed by atoms with van der Waals surface area (Å²) in [6.07, 6.45) is 0. The smallest absolute Gasteiger partial charge is 0.253 e. The van der Waals surface area contributed by atoms with Crippen molar-refractivity contribution < 1.29 is 9.53 Å². The molecule has 0 aliphatic carbocycles. The van der Waals surface area contributed by atoms with Crippen LogP contribution in [0, 0.1) is 6.92 Å². The average Bonchev–Trinajstić information content (AvgIpc) is 2.32. The first-order valence-electron chi connectivity index (χ1n) is 5.49. The van der Waals surface area contributed by atoms with E-state index in [2.05, 4.69) is 15.9 Å². The van der Waals surface area contributed by atoms with Crippen molar-refractivity contribution in [1.82, 2.24) is 0 Å². The van der Waals surface area contributed by atoms with Gasteiger partial charge in [0.25, 0.3) is 5.91 Å². The molecule has 4 nitrogen and oxygen atoms in total. The molecule has 1 atom stereocenters. The zero-order chi connectivity index (χ0) is 12.4. The lowest BCUT2D eigenvalue weighted by Gasteiger charge is -2.35. The van der Waals surface area contributed by atoms with Crippen LogP contribution in [0.25, 0.3) is 0 Å². The number of nitrogens with zero attached hydrogens (tertiary/aromatic N) is 1. The Labute approximate surface area is 109 Å². The summed E-state index contributed by atoms with van der Waals surface area (Å²) < 4.78 is 6.24. The lowest BCUT2D eigenvalue weighted by atomic mass is 10.1. The average molecular weight is 299 g/mol. The van der Waals surface area contributed by atoms with Gasteiger partial charge in [-0.1, -0.05) is 15.9 Å². The molecule has 1 aliphatic heterocycles. The molecule has 92 valence electrons. The molecule has 1 amide bonds. The van der Waals surface area contributed by atoms with Gasteiger partial charge in [0.15, 0.2) is 0 Å². The molecule has 5 heteroatoms. The number of carbonyl (C=O) groups excluding carboxylic acids is 1. The number of halogens is 1. The van der Waals surface area contributed by atoms with Gasteiger partial charge < -0.3 is 15.4 Å². The maximum Gasteiger partial charge on any atom is 0.253 e. The van der Waals surface area contributed by atoms with Crippen LogP contribution in [0.15, 0.2) is 22.7 Å². The van der Waals surface area contributed by atoms with Crippen LogP contribution in [0.2, 0.25) is 0 Å². The third-order valence-corrected chi connectivity index (χ3v) is 3.75. The Morgan fingerprint density at radius 3 is 3.00 bits per heavy atom. The molecule has 2 N–H and O–H groups in total. The van der Waals surface area contributed by atoms with E-state index >= 15 is 0 Å². The second-order valence-electron chi connectivity index (χ2n) is 4.10. The topological polar surface area (TPSA) is 55.6 Å².